The number of hydrogen-bond donors (Lipinski definition) is 0. The molecule has 0 saturated carbocycles. The number of fused-ring (bicyclic) bond motifs is 1. The van der Waals surface area contributed by atoms with Gasteiger partial charge < -0.3 is 0 Å². The molecule has 0 aliphatic heterocycles. The Morgan fingerprint density at radius 2 is 2.15 bits per heavy atom. The topological polar surface area (TPSA) is 25.8 Å². The number of aromatic nitrogens is 2. The Bertz CT molecular complexity index is 465. The fraction of sp³-hybridized carbons (Fsp3) is 0. The molecule has 0 unspecified atom stereocenters. The summed E-state index contributed by atoms with van der Waals surface area (Å²) in [5.41, 5.74) is 1.35. The molecule has 0 amide bonds. The number of hydrogen-bond acceptors (Lipinski definition) is 2. The molecule has 1 aromatic carbocycles. The molecule has 0 radical (unpaired) electrons. The summed E-state index contributed by atoms with van der Waals surface area (Å²) in [5.74, 6) is -0.282. The van der Waals surface area contributed by atoms with Crippen molar-refractivity contribution in [2.75, 3.05) is 0 Å². The summed E-state index contributed by atoms with van der Waals surface area (Å²) >= 11 is 0. The van der Waals surface area contributed by atoms with Gasteiger partial charge in [-0.3, -0.25) is 0 Å². The van der Waals surface area contributed by atoms with E-state index >= 15 is 0 Å². The number of rotatable bonds is 1. The minimum Gasteiger partial charge on any atom is -0.206 e. The third-order valence-corrected chi connectivity index (χ3v) is 1.88. The number of nitrogens with zero attached hydrogens (tertiary/aromatic N) is 2. The molecule has 2 rings (SSSR count). The second kappa shape index (κ2) is 2.94. The third kappa shape index (κ3) is 1.18. The zero-order valence-electron chi connectivity index (χ0n) is 6.87. The van der Waals surface area contributed by atoms with Crippen molar-refractivity contribution in [3.8, 4) is 0 Å². The Morgan fingerprint density at radius 1 is 1.31 bits per heavy atom. The van der Waals surface area contributed by atoms with Gasteiger partial charge in [-0.15, -0.1) is 5.10 Å². The molecule has 1 aromatic heterocycles. The lowest BCUT2D eigenvalue weighted by Gasteiger charge is -2.00. The summed E-state index contributed by atoms with van der Waals surface area (Å²) < 4.78 is 13.2. The molecule has 0 aliphatic rings. The Labute approximate surface area is 74.7 Å². The van der Waals surface area contributed by atoms with E-state index in [2.05, 4.69) is 16.8 Å². The standard InChI is InChI=1S/C10H7FN2/c1-2-7-3-4-9(11)8-5-6-12-13-10(7)8/h2-6H,1H2. The molecule has 1 heterocycles. The van der Waals surface area contributed by atoms with Gasteiger partial charge in [0.2, 0.25) is 0 Å². The third-order valence-electron chi connectivity index (χ3n) is 1.88. The van der Waals surface area contributed by atoms with Crippen LogP contribution < -0.4 is 0 Å². The van der Waals surface area contributed by atoms with Gasteiger partial charge in [-0.2, -0.15) is 5.10 Å². The molecular weight excluding hydrogens is 167 g/mol. The van der Waals surface area contributed by atoms with Crippen molar-refractivity contribution in [1.82, 2.24) is 10.2 Å². The summed E-state index contributed by atoms with van der Waals surface area (Å²) in [6.45, 7) is 3.62. The van der Waals surface area contributed by atoms with Gasteiger partial charge in [-0.25, -0.2) is 4.39 Å². The second-order valence-corrected chi connectivity index (χ2v) is 2.63. The lowest BCUT2D eigenvalue weighted by atomic mass is 10.1. The van der Waals surface area contributed by atoms with E-state index in [1.807, 2.05) is 0 Å². The zero-order valence-corrected chi connectivity index (χ0v) is 6.87. The highest BCUT2D eigenvalue weighted by Crippen LogP contribution is 2.19. The molecule has 0 aliphatic carbocycles. The zero-order chi connectivity index (χ0) is 9.26. The fourth-order valence-corrected chi connectivity index (χ4v) is 1.23. The quantitative estimate of drug-likeness (QED) is 0.663. The van der Waals surface area contributed by atoms with Crippen LogP contribution in [0, 0.1) is 5.82 Å². The lowest BCUT2D eigenvalue weighted by molar-refractivity contribution is 0.639. The van der Waals surface area contributed by atoms with E-state index < -0.39 is 0 Å². The van der Waals surface area contributed by atoms with Gasteiger partial charge in [0.25, 0.3) is 0 Å². The average molecular weight is 174 g/mol. The van der Waals surface area contributed by atoms with Gasteiger partial charge in [0.05, 0.1) is 6.20 Å². The Hall–Kier alpha value is -1.77. The van der Waals surface area contributed by atoms with E-state index in [0.29, 0.717) is 10.9 Å². The first-order valence-corrected chi connectivity index (χ1v) is 3.85. The lowest BCUT2D eigenvalue weighted by Crippen LogP contribution is -1.88. The average Bonchev–Trinajstić information content (AvgIpc) is 2.19. The van der Waals surface area contributed by atoms with Crippen LogP contribution in [-0.2, 0) is 0 Å². The van der Waals surface area contributed by atoms with Gasteiger partial charge in [-0.1, -0.05) is 12.7 Å². The van der Waals surface area contributed by atoms with Crippen LogP contribution in [0.15, 0.2) is 31.0 Å². The van der Waals surface area contributed by atoms with Crippen LogP contribution in [0.25, 0.3) is 17.0 Å². The van der Waals surface area contributed by atoms with E-state index in [1.165, 1.54) is 12.3 Å². The van der Waals surface area contributed by atoms with E-state index in [0.717, 1.165) is 5.56 Å². The van der Waals surface area contributed by atoms with Crippen molar-refractivity contribution in [1.29, 1.82) is 0 Å². The van der Waals surface area contributed by atoms with E-state index in [4.69, 9.17) is 0 Å². The summed E-state index contributed by atoms with van der Waals surface area (Å²) in [5, 5.41) is 8.03. The molecule has 64 valence electrons. The Morgan fingerprint density at radius 3 is 2.92 bits per heavy atom. The number of halogens is 1. The summed E-state index contributed by atoms with van der Waals surface area (Å²) in [6.07, 6.45) is 3.11. The fourth-order valence-electron chi connectivity index (χ4n) is 1.23. The Kier molecular flexibility index (Phi) is 1.77. The van der Waals surface area contributed by atoms with Crippen molar-refractivity contribution in [2.24, 2.45) is 0 Å². The van der Waals surface area contributed by atoms with Crippen LogP contribution in [0.5, 0.6) is 0 Å². The van der Waals surface area contributed by atoms with E-state index in [-0.39, 0.29) is 5.82 Å². The highest BCUT2D eigenvalue weighted by atomic mass is 19.1. The first-order chi connectivity index (χ1) is 6.33. The van der Waals surface area contributed by atoms with Gasteiger partial charge in [-0.05, 0) is 18.2 Å². The summed E-state index contributed by atoms with van der Waals surface area (Å²) in [7, 11) is 0. The SMILES string of the molecule is C=Cc1ccc(F)c2ccnnc12. The molecule has 0 spiro atoms. The normalized spacial score (nSPS) is 10.2. The van der Waals surface area contributed by atoms with Crippen LogP contribution in [0.1, 0.15) is 5.56 Å². The van der Waals surface area contributed by atoms with Crippen molar-refractivity contribution >= 4 is 17.0 Å². The van der Waals surface area contributed by atoms with Gasteiger partial charge in [0.1, 0.15) is 11.3 Å². The molecule has 0 bridgehead atoms. The molecule has 2 nitrogen and oxygen atoms in total. The predicted octanol–water partition coefficient (Wildman–Crippen LogP) is 2.41. The van der Waals surface area contributed by atoms with Gasteiger partial charge >= 0.3 is 0 Å². The number of benzene rings is 1. The highest BCUT2D eigenvalue weighted by molar-refractivity contribution is 5.86. The smallest absolute Gasteiger partial charge is 0.132 e. The predicted molar refractivity (Wildman–Crippen MR) is 49.6 cm³/mol. The van der Waals surface area contributed by atoms with Crippen molar-refractivity contribution in [3.05, 3.63) is 42.4 Å². The van der Waals surface area contributed by atoms with Crippen molar-refractivity contribution in [3.63, 3.8) is 0 Å². The largest absolute Gasteiger partial charge is 0.206 e. The molecule has 0 N–H and O–H groups in total. The second-order valence-electron chi connectivity index (χ2n) is 2.63. The van der Waals surface area contributed by atoms with Gasteiger partial charge in [0.15, 0.2) is 0 Å². The first kappa shape index (κ1) is 7.86. The monoisotopic (exact) mass is 174 g/mol. The van der Waals surface area contributed by atoms with E-state index in [1.54, 1.807) is 18.2 Å². The molecular formula is C10H7FN2. The first-order valence-electron chi connectivity index (χ1n) is 3.85. The van der Waals surface area contributed by atoms with Crippen LogP contribution >= 0.6 is 0 Å². The van der Waals surface area contributed by atoms with Crippen LogP contribution in [0.4, 0.5) is 4.39 Å². The maximum Gasteiger partial charge on any atom is 0.132 e. The van der Waals surface area contributed by atoms with Crippen LogP contribution in [-0.4, -0.2) is 10.2 Å². The van der Waals surface area contributed by atoms with Crippen LogP contribution in [0.2, 0.25) is 0 Å². The molecule has 13 heavy (non-hydrogen) atoms. The van der Waals surface area contributed by atoms with Crippen LogP contribution in [0.3, 0.4) is 0 Å². The van der Waals surface area contributed by atoms with E-state index in [9.17, 15) is 4.39 Å². The van der Waals surface area contributed by atoms with Crippen molar-refractivity contribution in [2.45, 2.75) is 0 Å². The molecule has 2 aromatic rings. The van der Waals surface area contributed by atoms with Gasteiger partial charge in [0, 0.05) is 10.9 Å². The minimum absolute atomic E-state index is 0.282. The summed E-state index contributed by atoms with van der Waals surface area (Å²) in [4.78, 5) is 0. The molecule has 3 heteroatoms. The Balaban J connectivity index is 2.92. The van der Waals surface area contributed by atoms with Crippen molar-refractivity contribution < 1.29 is 4.39 Å². The maximum absolute atomic E-state index is 13.2. The minimum atomic E-state index is -0.282. The highest BCUT2D eigenvalue weighted by Gasteiger charge is 2.03. The maximum atomic E-state index is 13.2. The summed E-state index contributed by atoms with van der Waals surface area (Å²) in [6, 6.07) is 4.64. The molecule has 0 fully saturated rings. The molecule has 0 saturated heterocycles. The molecule has 0 atom stereocenters.